The van der Waals surface area contributed by atoms with Crippen LogP contribution in [0.25, 0.3) is 0 Å². The fourth-order valence-corrected chi connectivity index (χ4v) is 3.40. The molecule has 6 nitrogen and oxygen atoms in total. The molecule has 0 radical (unpaired) electrons. The van der Waals surface area contributed by atoms with Crippen LogP contribution in [0.4, 0.5) is 5.69 Å². The molecule has 1 N–H and O–H groups in total. The lowest BCUT2D eigenvalue weighted by Gasteiger charge is -2.15. The van der Waals surface area contributed by atoms with Gasteiger partial charge in [-0.25, -0.2) is 0 Å². The monoisotopic (exact) mass is 380 g/mol. The predicted molar refractivity (Wildman–Crippen MR) is 106 cm³/mol. The molecule has 1 aliphatic heterocycles. The zero-order valence-electron chi connectivity index (χ0n) is 15.9. The maximum absolute atomic E-state index is 12.5. The fraction of sp³-hybridized carbons (Fsp3) is 0.364. The van der Waals surface area contributed by atoms with Gasteiger partial charge in [0.15, 0.2) is 0 Å². The van der Waals surface area contributed by atoms with E-state index in [4.69, 9.17) is 9.47 Å². The van der Waals surface area contributed by atoms with E-state index in [2.05, 4.69) is 5.32 Å². The molecule has 1 heterocycles. The zero-order valence-corrected chi connectivity index (χ0v) is 15.9. The highest BCUT2D eigenvalue weighted by Gasteiger charge is 2.41. The van der Waals surface area contributed by atoms with Gasteiger partial charge in [-0.1, -0.05) is 0 Å². The number of carbonyl (C=O) groups excluding carboxylic acids is 2. The van der Waals surface area contributed by atoms with Crippen molar-refractivity contribution in [1.82, 2.24) is 4.90 Å². The Morgan fingerprint density at radius 2 is 1.64 bits per heavy atom. The second kappa shape index (κ2) is 7.92. The zero-order chi connectivity index (χ0) is 19.5. The van der Waals surface area contributed by atoms with Gasteiger partial charge in [0, 0.05) is 24.7 Å². The van der Waals surface area contributed by atoms with Crippen molar-refractivity contribution in [2.45, 2.75) is 32.2 Å². The molecular weight excluding hydrogens is 356 g/mol. The predicted octanol–water partition coefficient (Wildman–Crippen LogP) is 3.83. The second-order valence-corrected chi connectivity index (χ2v) is 7.20. The number of amides is 2. The van der Waals surface area contributed by atoms with E-state index in [1.807, 2.05) is 48.2 Å². The molecule has 2 aromatic rings. The Morgan fingerprint density at radius 1 is 1.04 bits per heavy atom. The van der Waals surface area contributed by atoms with Crippen molar-refractivity contribution in [2.24, 2.45) is 5.92 Å². The van der Waals surface area contributed by atoms with E-state index in [0.717, 1.165) is 18.6 Å². The van der Waals surface area contributed by atoms with E-state index in [-0.39, 0.29) is 17.7 Å². The van der Waals surface area contributed by atoms with Gasteiger partial charge in [-0.2, -0.15) is 0 Å². The lowest BCUT2D eigenvalue weighted by Crippen LogP contribution is -2.29. The minimum Gasteiger partial charge on any atom is -0.494 e. The Balaban J connectivity index is 1.31. The highest BCUT2D eigenvalue weighted by molar-refractivity contribution is 5.97. The van der Waals surface area contributed by atoms with Crippen molar-refractivity contribution in [3.8, 4) is 17.2 Å². The first-order valence-corrected chi connectivity index (χ1v) is 9.73. The molecule has 0 bridgehead atoms. The van der Waals surface area contributed by atoms with Gasteiger partial charge < -0.3 is 19.7 Å². The van der Waals surface area contributed by atoms with Crippen LogP contribution in [-0.4, -0.2) is 35.9 Å². The second-order valence-electron chi connectivity index (χ2n) is 7.20. The van der Waals surface area contributed by atoms with Crippen molar-refractivity contribution < 1.29 is 19.1 Å². The number of nitrogens with one attached hydrogen (secondary N) is 1. The topological polar surface area (TPSA) is 67.9 Å². The van der Waals surface area contributed by atoms with Crippen LogP contribution in [0.15, 0.2) is 48.5 Å². The standard InChI is InChI=1S/C22H24N2O4/c1-2-27-18-9-11-20(12-10-18)28-19-7-3-16(4-8-19)23-22(26)15-13-21(25)24(14-15)17-5-6-17/h3-4,7-12,15,17H,2,5-6,13-14H2,1H3,(H,23,26). The van der Waals surface area contributed by atoms with Gasteiger partial charge in [0.2, 0.25) is 11.8 Å². The molecule has 1 aliphatic carbocycles. The van der Waals surface area contributed by atoms with Crippen molar-refractivity contribution in [2.75, 3.05) is 18.5 Å². The summed E-state index contributed by atoms with van der Waals surface area (Å²) in [6, 6.07) is 15.0. The normalized spacial score (nSPS) is 18.8. The molecule has 28 heavy (non-hydrogen) atoms. The number of ether oxygens (including phenoxy) is 2. The smallest absolute Gasteiger partial charge is 0.229 e. The van der Waals surface area contributed by atoms with Crippen molar-refractivity contribution in [1.29, 1.82) is 0 Å². The molecule has 2 amide bonds. The Bertz CT molecular complexity index is 844. The summed E-state index contributed by atoms with van der Waals surface area (Å²) in [7, 11) is 0. The molecule has 1 unspecified atom stereocenters. The summed E-state index contributed by atoms with van der Waals surface area (Å²) in [5.74, 6) is 1.92. The first kappa shape index (κ1) is 18.3. The summed E-state index contributed by atoms with van der Waals surface area (Å²) in [6.45, 7) is 3.10. The van der Waals surface area contributed by atoms with Crippen molar-refractivity contribution in [3.63, 3.8) is 0 Å². The number of likely N-dealkylation sites (tertiary alicyclic amines) is 1. The van der Waals surface area contributed by atoms with Crippen LogP contribution >= 0.6 is 0 Å². The van der Waals surface area contributed by atoms with Crippen LogP contribution in [0.3, 0.4) is 0 Å². The van der Waals surface area contributed by atoms with Gasteiger partial charge in [-0.3, -0.25) is 9.59 Å². The molecule has 1 atom stereocenters. The summed E-state index contributed by atoms with van der Waals surface area (Å²) >= 11 is 0. The lowest BCUT2D eigenvalue weighted by molar-refractivity contribution is -0.128. The van der Waals surface area contributed by atoms with E-state index in [1.165, 1.54) is 0 Å². The van der Waals surface area contributed by atoms with E-state index >= 15 is 0 Å². The fourth-order valence-electron chi connectivity index (χ4n) is 3.40. The van der Waals surface area contributed by atoms with Crippen molar-refractivity contribution in [3.05, 3.63) is 48.5 Å². The van der Waals surface area contributed by atoms with Crippen LogP contribution in [0, 0.1) is 5.92 Å². The Morgan fingerprint density at radius 3 is 2.25 bits per heavy atom. The third-order valence-electron chi connectivity index (χ3n) is 5.01. The molecule has 146 valence electrons. The molecule has 2 aliphatic rings. The number of hydrogen-bond donors (Lipinski definition) is 1. The number of benzene rings is 2. The average Bonchev–Trinajstić information content (AvgIpc) is 3.46. The molecule has 2 fully saturated rings. The number of hydrogen-bond acceptors (Lipinski definition) is 4. The summed E-state index contributed by atoms with van der Waals surface area (Å²) < 4.78 is 11.2. The Kier molecular flexibility index (Phi) is 5.19. The number of carbonyl (C=O) groups is 2. The van der Waals surface area contributed by atoms with Gasteiger partial charge in [-0.05, 0) is 68.3 Å². The van der Waals surface area contributed by atoms with E-state index in [0.29, 0.717) is 42.8 Å². The van der Waals surface area contributed by atoms with Crippen LogP contribution in [-0.2, 0) is 9.59 Å². The van der Waals surface area contributed by atoms with Gasteiger partial charge in [0.25, 0.3) is 0 Å². The molecule has 0 aromatic heterocycles. The maximum Gasteiger partial charge on any atom is 0.229 e. The van der Waals surface area contributed by atoms with Gasteiger partial charge >= 0.3 is 0 Å². The SMILES string of the molecule is CCOc1ccc(Oc2ccc(NC(=O)C3CC(=O)N(C4CC4)C3)cc2)cc1. The minimum atomic E-state index is -0.270. The molecule has 1 saturated heterocycles. The first-order valence-electron chi connectivity index (χ1n) is 9.73. The quantitative estimate of drug-likeness (QED) is 0.793. The molecule has 0 spiro atoms. The van der Waals surface area contributed by atoms with Gasteiger partial charge in [0.05, 0.1) is 12.5 Å². The van der Waals surface area contributed by atoms with Crippen LogP contribution < -0.4 is 14.8 Å². The Labute approximate surface area is 164 Å². The average molecular weight is 380 g/mol. The summed E-state index contributed by atoms with van der Waals surface area (Å²) in [5.41, 5.74) is 0.696. The number of rotatable bonds is 7. The molecule has 4 rings (SSSR count). The highest BCUT2D eigenvalue weighted by atomic mass is 16.5. The van der Waals surface area contributed by atoms with E-state index in [1.54, 1.807) is 12.1 Å². The molecule has 6 heteroatoms. The van der Waals surface area contributed by atoms with Crippen LogP contribution in [0.1, 0.15) is 26.2 Å². The number of anilines is 1. The third kappa shape index (κ3) is 4.27. The van der Waals surface area contributed by atoms with E-state index < -0.39 is 0 Å². The lowest BCUT2D eigenvalue weighted by atomic mass is 10.1. The number of nitrogens with zero attached hydrogens (tertiary/aromatic N) is 1. The van der Waals surface area contributed by atoms with Crippen LogP contribution in [0.2, 0.25) is 0 Å². The first-order chi connectivity index (χ1) is 13.6. The minimum absolute atomic E-state index is 0.0988. The largest absolute Gasteiger partial charge is 0.494 e. The molecular formula is C22H24N2O4. The van der Waals surface area contributed by atoms with Crippen molar-refractivity contribution >= 4 is 17.5 Å². The van der Waals surface area contributed by atoms with Gasteiger partial charge in [-0.15, -0.1) is 0 Å². The highest BCUT2D eigenvalue weighted by Crippen LogP contribution is 2.33. The molecule has 1 saturated carbocycles. The molecule has 2 aromatic carbocycles. The summed E-state index contributed by atoms with van der Waals surface area (Å²) in [6.07, 6.45) is 2.44. The summed E-state index contributed by atoms with van der Waals surface area (Å²) in [4.78, 5) is 26.4. The third-order valence-corrected chi connectivity index (χ3v) is 5.01. The Hall–Kier alpha value is -3.02. The maximum atomic E-state index is 12.5. The van der Waals surface area contributed by atoms with Crippen LogP contribution in [0.5, 0.6) is 17.2 Å². The van der Waals surface area contributed by atoms with Gasteiger partial charge in [0.1, 0.15) is 17.2 Å². The van der Waals surface area contributed by atoms with E-state index in [9.17, 15) is 9.59 Å². The summed E-state index contributed by atoms with van der Waals surface area (Å²) in [5, 5.41) is 2.91.